The highest BCUT2D eigenvalue weighted by molar-refractivity contribution is 5.91. The molecule has 0 atom stereocenters. The Morgan fingerprint density at radius 1 is 0.852 bits per heavy atom. The zero-order valence-electron chi connectivity index (χ0n) is 16.9. The summed E-state index contributed by atoms with van der Waals surface area (Å²) >= 11 is 0. The third-order valence-corrected chi connectivity index (χ3v) is 4.38. The van der Waals surface area contributed by atoms with E-state index in [9.17, 15) is 4.79 Å². The molecule has 27 heavy (non-hydrogen) atoms. The van der Waals surface area contributed by atoms with Gasteiger partial charge in [0.1, 0.15) is 11.5 Å². The number of carbonyl (C=O) groups is 1. The number of benzene rings is 2. The first-order valence-electron chi connectivity index (χ1n) is 10.1. The summed E-state index contributed by atoms with van der Waals surface area (Å²) in [7, 11) is 0. The van der Waals surface area contributed by atoms with Crippen LogP contribution < -0.4 is 9.47 Å². The molecule has 3 nitrogen and oxygen atoms in total. The molecule has 0 aliphatic rings. The average molecular weight is 369 g/mol. The summed E-state index contributed by atoms with van der Waals surface area (Å²) in [5, 5.41) is 0. The fourth-order valence-corrected chi connectivity index (χ4v) is 2.91. The van der Waals surface area contributed by atoms with Gasteiger partial charge in [0.2, 0.25) is 0 Å². The van der Waals surface area contributed by atoms with E-state index < -0.39 is 0 Å². The van der Waals surface area contributed by atoms with Crippen LogP contribution in [0, 0.1) is 5.92 Å². The van der Waals surface area contributed by atoms with E-state index in [1.54, 1.807) is 12.1 Å². The van der Waals surface area contributed by atoms with Gasteiger partial charge in [-0.05, 0) is 60.7 Å². The maximum Gasteiger partial charge on any atom is 0.343 e. The van der Waals surface area contributed by atoms with Gasteiger partial charge in [-0.3, -0.25) is 0 Å². The second-order valence-corrected chi connectivity index (χ2v) is 7.42. The van der Waals surface area contributed by atoms with E-state index in [2.05, 4.69) is 20.8 Å². The van der Waals surface area contributed by atoms with E-state index in [1.165, 1.54) is 31.2 Å². The van der Waals surface area contributed by atoms with Crippen LogP contribution in [0.3, 0.4) is 0 Å². The van der Waals surface area contributed by atoms with Crippen LogP contribution in [-0.2, 0) is 6.42 Å². The monoisotopic (exact) mass is 368 g/mol. The summed E-state index contributed by atoms with van der Waals surface area (Å²) in [5.41, 5.74) is 1.80. The Morgan fingerprint density at radius 3 is 2.11 bits per heavy atom. The van der Waals surface area contributed by atoms with Gasteiger partial charge >= 0.3 is 5.97 Å². The molecule has 2 rings (SSSR count). The van der Waals surface area contributed by atoms with Gasteiger partial charge in [-0.1, -0.05) is 58.6 Å². The Hall–Kier alpha value is -2.29. The molecule has 2 aromatic rings. The molecular weight excluding hydrogens is 336 g/mol. The lowest BCUT2D eigenvalue weighted by Gasteiger charge is -2.09. The second-order valence-electron chi connectivity index (χ2n) is 7.42. The highest BCUT2D eigenvalue weighted by Gasteiger charge is 2.09. The minimum Gasteiger partial charge on any atom is -0.494 e. The van der Waals surface area contributed by atoms with Crippen molar-refractivity contribution < 1.29 is 14.3 Å². The topological polar surface area (TPSA) is 35.5 Å². The lowest BCUT2D eigenvalue weighted by atomic mass is 10.0. The van der Waals surface area contributed by atoms with Crippen LogP contribution in [0.4, 0.5) is 0 Å². The van der Waals surface area contributed by atoms with Crippen LogP contribution in [0.15, 0.2) is 48.5 Å². The van der Waals surface area contributed by atoms with Crippen LogP contribution >= 0.6 is 0 Å². The van der Waals surface area contributed by atoms with Crippen molar-refractivity contribution in [1.29, 1.82) is 0 Å². The normalized spacial score (nSPS) is 10.8. The first-order valence-corrected chi connectivity index (χ1v) is 10.1. The molecule has 0 spiro atoms. The lowest BCUT2D eigenvalue weighted by Crippen LogP contribution is -2.08. The predicted molar refractivity (Wildman–Crippen MR) is 111 cm³/mol. The van der Waals surface area contributed by atoms with Gasteiger partial charge in [-0.2, -0.15) is 0 Å². The van der Waals surface area contributed by atoms with E-state index in [0.29, 0.717) is 17.2 Å². The van der Waals surface area contributed by atoms with Crippen molar-refractivity contribution in [3.8, 4) is 11.5 Å². The maximum atomic E-state index is 12.3. The number of hydrogen-bond acceptors (Lipinski definition) is 3. The standard InChI is InChI=1S/C24H32O3/c1-4-5-6-7-8-17-26-22-13-15-23(16-14-22)27-24(25)21-11-9-20(10-12-21)18-19(2)3/h9-16,19H,4-8,17-18H2,1-3H3. The van der Waals surface area contributed by atoms with Crippen LogP contribution in [0.2, 0.25) is 0 Å². The van der Waals surface area contributed by atoms with Crippen molar-refractivity contribution in [1.82, 2.24) is 0 Å². The minimum atomic E-state index is -0.337. The van der Waals surface area contributed by atoms with Gasteiger partial charge < -0.3 is 9.47 Å². The van der Waals surface area contributed by atoms with Gasteiger partial charge in [-0.25, -0.2) is 4.79 Å². The number of esters is 1. The summed E-state index contributed by atoms with van der Waals surface area (Å²) in [4.78, 5) is 12.3. The van der Waals surface area contributed by atoms with Crippen molar-refractivity contribution >= 4 is 5.97 Å². The molecule has 0 radical (unpaired) electrons. The number of hydrogen-bond donors (Lipinski definition) is 0. The number of unbranched alkanes of at least 4 members (excludes halogenated alkanes) is 4. The molecule has 2 aromatic carbocycles. The summed E-state index contributed by atoms with van der Waals surface area (Å²) in [6.07, 6.45) is 7.11. The number of ether oxygens (including phenoxy) is 2. The lowest BCUT2D eigenvalue weighted by molar-refractivity contribution is 0.0734. The molecule has 0 amide bonds. The van der Waals surface area contributed by atoms with Crippen molar-refractivity contribution in [2.45, 2.75) is 59.3 Å². The summed E-state index contributed by atoms with van der Waals surface area (Å²) in [6, 6.07) is 14.9. The Morgan fingerprint density at radius 2 is 1.48 bits per heavy atom. The fourth-order valence-electron chi connectivity index (χ4n) is 2.91. The molecule has 0 unspecified atom stereocenters. The highest BCUT2D eigenvalue weighted by atomic mass is 16.5. The number of carbonyl (C=O) groups excluding carboxylic acids is 1. The molecule has 0 aromatic heterocycles. The Bertz CT molecular complexity index is 672. The number of rotatable bonds is 11. The van der Waals surface area contributed by atoms with Gasteiger partial charge in [0, 0.05) is 0 Å². The molecule has 0 aliphatic heterocycles. The molecule has 0 fully saturated rings. The fraction of sp³-hybridized carbons (Fsp3) is 0.458. The summed E-state index contributed by atoms with van der Waals surface area (Å²) < 4.78 is 11.2. The van der Waals surface area contributed by atoms with Crippen molar-refractivity contribution in [2.75, 3.05) is 6.61 Å². The molecular formula is C24H32O3. The summed E-state index contributed by atoms with van der Waals surface area (Å²) in [5.74, 6) is 1.60. The Kier molecular flexibility index (Phi) is 8.90. The smallest absolute Gasteiger partial charge is 0.343 e. The zero-order valence-corrected chi connectivity index (χ0v) is 16.9. The maximum absolute atomic E-state index is 12.3. The molecule has 0 heterocycles. The molecule has 0 saturated carbocycles. The minimum absolute atomic E-state index is 0.337. The predicted octanol–water partition coefficient (Wildman–Crippen LogP) is 6.45. The summed E-state index contributed by atoms with van der Waals surface area (Å²) in [6.45, 7) is 7.31. The van der Waals surface area contributed by atoms with Crippen LogP contribution in [-0.4, -0.2) is 12.6 Å². The molecule has 146 valence electrons. The van der Waals surface area contributed by atoms with Crippen LogP contribution in [0.25, 0.3) is 0 Å². The quantitative estimate of drug-likeness (QED) is 0.260. The Balaban J connectivity index is 1.78. The zero-order chi connectivity index (χ0) is 19.5. The van der Waals surface area contributed by atoms with Crippen molar-refractivity contribution in [2.24, 2.45) is 5.92 Å². The third kappa shape index (κ3) is 7.86. The first-order chi connectivity index (χ1) is 13.1. The first kappa shape index (κ1) is 21.0. The average Bonchev–Trinajstić information content (AvgIpc) is 2.66. The van der Waals surface area contributed by atoms with Gasteiger partial charge in [-0.15, -0.1) is 0 Å². The van der Waals surface area contributed by atoms with E-state index in [-0.39, 0.29) is 5.97 Å². The van der Waals surface area contributed by atoms with Crippen molar-refractivity contribution in [3.05, 3.63) is 59.7 Å². The van der Waals surface area contributed by atoms with Crippen molar-refractivity contribution in [3.63, 3.8) is 0 Å². The van der Waals surface area contributed by atoms with Gasteiger partial charge in [0.15, 0.2) is 0 Å². The second kappa shape index (κ2) is 11.4. The molecule has 3 heteroatoms. The largest absolute Gasteiger partial charge is 0.494 e. The van der Waals surface area contributed by atoms with E-state index in [1.807, 2.05) is 36.4 Å². The van der Waals surface area contributed by atoms with E-state index in [4.69, 9.17) is 9.47 Å². The van der Waals surface area contributed by atoms with Gasteiger partial charge in [0.05, 0.1) is 12.2 Å². The molecule has 0 aliphatic carbocycles. The van der Waals surface area contributed by atoms with E-state index in [0.717, 1.165) is 25.2 Å². The van der Waals surface area contributed by atoms with E-state index >= 15 is 0 Å². The SMILES string of the molecule is CCCCCCCOc1ccc(OC(=O)c2ccc(CC(C)C)cc2)cc1. The Labute approximate surface area is 163 Å². The van der Waals surface area contributed by atoms with Gasteiger partial charge in [0.25, 0.3) is 0 Å². The molecule has 0 N–H and O–H groups in total. The van der Waals surface area contributed by atoms with Crippen LogP contribution in [0.5, 0.6) is 11.5 Å². The molecule has 0 saturated heterocycles. The highest BCUT2D eigenvalue weighted by Crippen LogP contribution is 2.19. The molecule has 0 bridgehead atoms. The van der Waals surface area contributed by atoms with Crippen LogP contribution in [0.1, 0.15) is 68.8 Å². The third-order valence-electron chi connectivity index (χ3n) is 4.38.